The number of nitrogens with one attached hydrogen (secondary N) is 1. The maximum atomic E-state index is 12.0. The Morgan fingerprint density at radius 1 is 1.32 bits per heavy atom. The molecule has 0 saturated heterocycles. The standard InChI is InChI=1S/C13H7Cl2N3O/c14-10-6-8(7-16)3-4-11(10)18-13(19)9-2-1-5-17-12(9)15/h1-6H,(H,18,19). The lowest BCUT2D eigenvalue weighted by Crippen LogP contribution is -2.13. The molecular formula is C13H7Cl2N3O. The minimum Gasteiger partial charge on any atom is -0.321 e. The molecule has 19 heavy (non-hydrogen) atoms. The Hall–Kier alpha value is -2.09. The summed E-state index contributed by atoms with van der Waals surface area (Å²) in [6, 6.07) is 9.73. The molecule has 0 spiro atoms. The van der Waals surface area contributed by atoms with Gasteiger partial charge in [-0.05, 0) is 30.3 Å². The normalized spacial score (nSPS) is 9.74. The summed E-state index contributed by atoms with van der Waals surface area (Å²) in [4.78, 5) is 15.8. The first-order valence-corrected chi connectivity index (χ1v) is 5.99. The van der Waals surface area contributed by atoms with Crippen molar-refractivity contribution in [3.05, 3.63) is 57.8 Å². The third kappa shape index (κ3) is 3.02. The number of aromatic nitrogens is 1. The molecule has 1 heterocycles. The van der Waals surface area contributed by atoms with Gasteiger partial charge in [0.2, 0.25) is 0 Å². The third-order valence-electron chi connectivity index (χ3n) is 2.35. The molecule has 1 N–H and O–H groups in total. The first-order valence-electron chi connectivity index (χ1n) is 5.23. The van der Waals surface area contributed by atoms with Crippen molar-refractivity contribution < 1.29 is 4.79 Å². The van der Waals surface area contributed by atoms with E-state index < -0.39 is 5.91 Å². The topological polar surface area (TPSA) is 65.8 Å². The van der Waals surface area contributed by atoms with Gasteiger partial charge in [-0.1, -0.05) is 23.2 Å². The molecule has 94 valence electrons. The van der Waals surface area contributed by atoms with E-state index in [9.17, 15) is 4.79 Å². The summed E-state index contributed by atoms with van der Waals surface area (Å²) in [7, 11) is 0. The largest absolute Gasteiger partial charge is 0.321 e. The van der Waals surface area contributed by atoms with Crippen LogP contribution in [-0.2, 0) is 0 Å². The molecular weight excluding hydrogens is 285 g/mol. The number of benzene rings is 1. The number of carbonyl (C=O) groups is 1. The third-order valence-corrected chi connectivity index (χ3v) is 2.96. The quantitative estimate of drug-likeness (QED) is 0.861. The second-order valence-corrected chi connectivity index (χ2v) is 4.37. The van der Waals surface area contributed by atoms with E-state index in [1.807, 2.05) is 6.07 Å². The van der Waals surface area contributed by atoms with Crippen LogP contribution in [0.15, 0.2) is 36.5 Å². The molecule has 0 aliphatic heterocycles. The zero-order valence-electron chi connectivity index (χ0n) is 9.52. The maximum absolute atomic E-state index is 12.0. The van der Waals surface area contributed by atoms with Crippen molar-refractivity contribution in [3.63, 3.8) is 0 Å². The molecule has 4 nitrogen and oxygen atoms in total. The number of hydrogen-bond acceptors (Lipinski definition) is 3. The van der Waals surface area contributed by atoms with Crippen molar-refractivity contribution in [1.82, 2.24) is 4.98 Å². The van der Waals surface area contributed by atoms with Gasteiger partial charge in [-0.3, -0.25) is 4.79 Å². The summed E-state index contributed by atoms with van der Waals surface area (Å²) in [5, 5.41) is 11.7. The molecule has 2 rings (SSSR count). The van der Waals surface area contributed by atoms with Crippen molar-refractivity contribution >= 4 is 34.8 Å². The number of halogens is 2. The molecule has 1 amide bonds. The van der Waals surface area contributed by atoms with E-state index in [4.69, 9.17) is 28.5 Å². The van der Waals surface area contributed by atoms with Crippen LogP contribution in [0.4, 0.5) is 5.69 Å². The number of hydrogen-bond donors (Lipinski definition) is 1. The summed E-state index contributed by atoms with van der Waals surface area (Å²) in [5.41, 5.74) is 1.08. The van der Waals surface area contributed by atoms with E-state index in [2.05, 4.69) is 10.3 Å². The van der Waals surface area contributed by atoms with Crippen LogP contribution in [-0.4, -0.2) is 10.9 Å². The summed E-state index contributed by atoms with van der Waals surface area (Å²) < 4.78 is 0. The zero-order chi connectivity index (χ0) is 13.8. The summed E-state index contributed by atoms with van der Waals surface area (Å²) in [6.07, 6.45) is 1.49. The molecule has 0 atom stereocenters. The van der Waals surface area contributed by atoms with E-state index in [0.29, 0.717) is 11.3 Å². The molecule has 1 aromatic heterocycles. The van der Waals surface area contributed by atoms with Gasteiger partial charge in [0, 0.05) is 6.20 Å². The van der Waals surface area contributed by atoms with Crippen LogP contribution in [0.25, 0.3) is 0 Å². The minimum absolute atomic E-state index is 0.116. The Balaban J connectivity index is 2.25. The Morgan fingerprint density at radius 3 is 2.74 bits per heavy atom. The van der Waals surface area contributed by atoms with E-state index in [1.165, 1.54) is 12.3 Å². The van der Waals surface area contributed by atoms with Crippen LogP contribution in [0, 0.1) is 11.3 Å². The highest BCUT2D eigenvalue weighted by molar-refractivity contribution is 6.35. The Kier molecular flexibility index (Phi) is 4.00. The van der Waals surface area contributed by atoms with E-state index >= 15 is 0 Å². The smallest absolute Gasteiger partial charge is 0.258 e. The fourth-order valence-corrected chi connectivity index (χ4v) is 1.86. The highest BCUT2D eigenvalue weighted by atomic mass is 35.5. The van der Waals surface area contributed by atoms with Crippen LogP contribution >= 0.6 is 23.2 Å². The van der Waals surface area contributed by atoms with Gasteiger partial charge in [0.25, 0.3) is 5.91 Å². The highest BCUT2D eigenvalue weighted by Crippen LogP contribution is 2.24. The molecule has 1 aromatic carbocycles. The molecule has 0 unspecified atom stereocenters. The van der Waals surface area contributed by atoms with Crippen LogP contribution in [0.2, 0.25) is 10.2 Å². The van der Waals surface area contributed by atoms with Gasteiger partial charge in [-0.2, -0.15) is 5.26 Å². The number of rotatable bonds is 2. The first-order chi connectivity index (χ1) is 9.11. The summed E-state index contributed by atoms with van der Waals surface area (Å²) in [6.45, 7) is 0. The van der Waals surface area contributed by atoms with Crippen molar-refractivity contribution in [2.45, 2.75) is 0 Å². The van der Waals surface area contributed by atoms with Crippen molar-refractivity contribution in [1.29, 1.82) is 5.26 Å². The molecule has 0 aliphatic carbocycles. The van der Waals surface area contributed by atoms with E-state index in [1.54, 1.807) is 24.3 Å². The monoisotopic (exact) mass is 291 g/mol. The Labute approximate surface area is 119 Å². The van der Waals surface area contributed by atoms with Gasteiger partial charge >= 0.3 is 0 Å². The zero-order valence-corrected chi connectivity index (χ0v) is 11.0. The molecule has 0 saturated carbocycles. The van der Waals surface area contributed by atoms with Gasteiger partial charge in [0.1, 0.15) is 5.15 Å². The molecule has 0 fully saturated rings. The highest BCUT2D eigenvalue weighted by Gasteiger charge is 2.12. The van der Waals surface area contributed by atoms with Crippen LogP contribution < -0.4 is 5.32 Å². The summed E-state index contributed by atoms with van der Waals surface area (Å²) >= 11 is 11.8. The lowest BCUT2D eigenvalue weighted by molar-refractivity contribution is 0.102. The Morgan fingerprint density at radius 2 is 2.11 bits per heavy atom. The van der Waals surface area contributed by atoms with Crippen molar-refractivity contribution in [2.24, 2.45) is 0 Å². The van der Waals surface area contributed by atoms with Crippen molar-refractivity contribution in [3.8, 4) is 6.07 Å². The van der Waals surface area contributed by atoms with Gasteiger partial charge in [0.15, 0.2) is 0 Å². The van der Waals surface area contributed by atoms with E-state index in [0.717, 1.165) is 0 Å². The first kappa shape index (κ1) is 13.3. The van der Waals surface area contributed by atoms with Gasteiger partial charge in [0.05, 0.1) is 27.9 Å². The fourth-order valence-electron chi connectivity index (χ4n) is 1.43. The van der Waals surface area contributed by atoms with Crippen LogP contribution in [0.3, 0.4) is 0 Å². The number of pyridine rings is 1. The predicted octanol–water partition coefficient (Wildman–Crippen LogP) is 3.51. The van der Waals surface area contributed by atoms with Gasteiger partial charge in [-0.25, -0.2) is 4.98 Å². The number of carbonyl (C=O) groups excluding carboxylic acids is 1. The molecule has 0 radical (unpaired) electrons. The van der Waals surface area contributed by atoms with E-state index in [-0.39, 0.29) is 15.7 Å². The lowest BCUT2D eigenvalue weighted by atomic mass is 10.2. The van der Waals surface area contributed by atoms with Crippen LogP contribution in [0.1, 0.15) is 15.9 Å². The fraction of sp³-hybridized carbons (Fsp3) is 0. The molecule has 0 aliphatic rings. The second-order valence-electron chi connectivity index (χ2n) is 3.60. The number of nitrogens with zero attached hydrogens (tertiary/aromatic N) is 2. The average molecular weight is 292 g/mol. The second kappa shape index (κ2) is 5.70. The Bertz CT molecular complexity index is 680. The maximum Gasteiger partial charge on any atom is 0.258 e. The van der Waals surface area contributed by atoms with Crippen LogP contribution in [0.5, 0.6) is 0 Å². The molecule has 0 bridgehead atoms. The molecule has 6 heteroatoms. The minimum atomic E-state index is -0.412. The number of amides is 1. The lowest BCUT2D eigenvalue weighted by Gasteiger charge is -2.08. The van der Waals surface area contributed by atoms with Crippen molar-refractivity contribution in [2.75, 3.05) is 5.32 Å². The average Bonchev–Trinajstić information content (AvgIpc) is 2.41. The van der Waals surface area contributed by atoms with Gasteiger partial charge in [-0.15, -0.1) is 0 Å². The summed E-state index contributed by atoms with van der Waals surface area (Å²) in [5.74, 6) is -0.412. The number of anilines is 1. The number of nitriles is 1. The molecule has 2 aromatic rings. The van der Waals surface area contributed by atoms with Gasteiger partial charge < -0.3 is 5.32 Å². The SMILES string of the molecule is N#Cc1ccc(NC(=O)c2cccnc2Cl)c(Cl)c1. The predicted molar refractivity (Wildman–Crippen MR) is 73.4 cm³/mol.